The van der Waals surface area contributed by atoms with Crippen molar-refractivity contribution in [3.8, 4) is 0 Å². The van der Waals surface area contributed by atoms with E-state index in [4.69, 9.17) is 4.74 Å². The summed E-state index contributed by atoms with van der Waals surface area (Å²) in [6.07, 6.45) is -3.15. The van der Waals surface area contributed by atoms with Gasteiger partial charge in [-0.3, -0.25) is 4.79 Å². The van der Waals surface area contributed by atoms with E-state index in [1.807, 2.05) is 30.3 Å². The third-order valence-electron chi connectivity index (χ3n) is 4.23. The summed E-state index contributed by atoms with van der Waals surface area (Å²) in [6, 6.07) is 14.2. The lowest BCUT2D eigenvalue weighted by atomic mass is 9.96. The highest BCUT2D eigenvalue weighted by Gasteiger charge is 2.27. The van der Waals surface area contributed by atoms with E-state index in [0.29, 0.717) is 23.2 Å². The Hall–Kier alpha value is -2.90. The molecule has 1 heterocycles. The molecule has 0 spiro atoms. The smallest absolute Gasteiger partial charge is 0.407 e. The first-order chi connectivity index (χ1) is 12.6. The van der Waals surface area contributed by atoms with Crippen molar-refractivity contribution in [1.29, 1.82) is 0 Å². The number of aliphatic hydroxyl groups excluding tert-OH is 2. The molecule has 1 aliphatic rings. The summed E-state index contributed by atoms with van der Waals surface area (Å²) in [5.74, 6) is -0.203. The van der Waals surface area contributed by atoms with Gasteiger partial charge in [-0.2, -0.15) is 0 Å². The molecule has 0 saturated heterocycles. The van der Waals surface area contributed by atoms with Crippen molar-refractivity contribution < 1.29 is 24.5 Å². The summed E-state index contributed by atoms with van der Waals surface area (Å²) in [5, 5.41) is 25.7. The van der Waals surface area contributed by atoms with E-state index in [2.05, 4.69) is 10.6 Å². The lowest BCUT2D eigenvalue weighted by Gasteiger charge is -2.20. The van der Waals surface area contributed by atoms with Crippen LogP contribution in [0.15, 0.2) is 48.5 Å². The molecule has 2 amide bonds. The zero-order valence-electron chi connectivity index (χ0n) is 14.0. The van der Waals surface area contributed by atoms with Gasteiger partial charge >= 0.3 is 6.09 Å². The summed E-state index contributed by atoms with van der Waals surface area (Å²) in [6.45, 7) is 0.242. The molecular formula is C19H20N2O5. The largest absolute Gasteiger partial charge is 0.445 e. The molecule has 0 aromatic heterocycles. The van der Waals surface area contributed by atoms with Crippen molar-refractivity contribution in [2.45, 2.75) is 25.4 Å². The Morgan fingerprint density at radius 2 is 1.92 bits per heavy atom. The average Bonchev–Trinajstić information content (AvgIpc) is 3.06. The number of benzene rings is 2. The molecule has 0 radical (unpaired) electrons. The number of amides is 2. The molecule has 2 atom stereocenters. The van der Waals surface area contributed by atoms with E-state index < -0.39 is 18.3 Å². The summed E-state index contributed by atoms with van der Waals surface area (Å²) in [5.41, 5.74) is 2.47. The molecule has 2 unspecified atom stereocenters. The standard InChI is InChI=1S/C19H20N2O5/c22-16(10-21-19(25)26-11-12-5-2-1-3-6-12)17(23)13-7-4-8-14-15(13)9-20-18(14)24/h1-8,16-17,22-23H,9-11H2,(H,20,24)(H,21,25). The number of carbonyl (C=O) groups is 2. The van der Waals surface area contributed by atoms with Crippen LogP contribution in [-0.4, -0.2) is 34.9 Å². The van der Waals surface area contributed by atoms with E-state index in [9.17, 15) is 19.8 Å². The van der Waals surface area contributed by atoms with Crippen molar-refractivity contribution in [3.05, 3.63) is 70.8 Å². The normalized spacial score (nSPS) is 14.9. The van der Waals surface area contributed by atoms with Gasteiger partial charge < -0.3 is 25.6 Å². The van der Waals surface area contributed by atoms with E-state index in [1.54, 1.807) is 18.2 Å². The van der Waals surface area contributed by atoms with Gasteiger partial charge in [0.05, 0.1) is 0 Å². The summed E-state index contributed by atoms with van der Waals surface area (Å²) in [4.78, 5) is 23.4. The monoisotopic (exact) mass is 356 g/mol. The topological polar surface area (TPSA) is 108 Å². The first kappa shape index (κ1) is 17.9. The molecule has 2 aromatic carbocycles. The molecule has 2 aromatic rings. The zero-order valence-corrected chi connectivity index (χ0v) is 14.0. The number of alkyl carbamates (subject to hydrolysis) is 1. The second-order valence-electron chi connectivity index (χ2n) is 6.01. The van der Waals surface area contributed by atoms with Crippen LogP contribution in [0.3, 0.4) is 0 Å². The minimum Gasteiger partial charge on any atom is -0.445 e. The minimum atomic E-state index is -1.23. The fraction of sp³-hybridized carbons (Fsp3) is 0.263. The number of rotatable bonds is 6. The fourth-order valence-electron chi connectivity index (χ4n) is 2.84. The Bertz CT molecular complexity index is 794. The molecule has 0 bridgehead atoms. The van der Waals surface area contributed by atoms with E-state index in [0.717, 1.165) is 5.56 Å². The van der Waals surface area contributed by atoms with Crippen LogP contribution < -0.4 is 10.6 Å². The van der Waals surface area contributed by atoms with Gasteiger partial charge in [0.2, 0.25) is 0 Å². The van der Waals surface area contributed by atoms with Crippen LogP contribution in [0.2, 0.25) is 0 Å². The maximum Gasteiger partial charge on any atom is 0.407 e. The Morgan fingerprint density at radius 3 is 2.69 bits per heavy atom. The quantitative estimate of drug-likeness (QED) is 0.623. The third-order valence-corrected chi connectivity index (χ3v) is 4.23. The summed E-state index contributed by atoms with van der Waals surface area (Å²) in [7, 11) is 0. The molecule has 0 aliphatic carbocycles. The molecule has 1 aliphatic heterocycles. The van der Waals surface area contributed by atoms with Crippen LogP contribution in [-0.2, 0) is 17.9 Å². The van der Waals surface area contributed by atoms with Gasteiger partial charge in [-0.25, -0.2) is 4.79 Å². The maximum atomic E-state index is 11.7. The van der Waals surface area contributed by atoms with E-state index in [-0.39, 0.29) is 19.1 Å². The molecule has 7 nitrogen and oxygen atoms in total. The SMILES string of the molecule is O=C(NCC(O)C(O)c1cccc2c1CNC2=O)OCc1ccccc1. The van der Waals surface area contributed by atoms with Crippen molar-refractivity contribution in [1.82, 2.24) is 10.6 Å². The highest BCUT2D eigenvalue weighted by atomic mass is 16.5. The predicted octanol–water partition coefficient (Wildman–Crippen LogP) is 1.25. The van der Waals surface area contributed by atoms with Gasteiger partial charge in [0.1, 0.15) is 18.8 Å². The second kappa shape index (κ2) is 7.99. The second-order valence-corrected chi connectivity index (χ2v) is 6.01. The average molecular weight is 356 g/mol. The van der Waals surface area contributed by atoms with Crippen molar-refractivity contribution in [3.63, 3.8) is 0 Å². The van der Waals surface area contributed by atoms with Crippen molar-refractivity contribution >= 4 is 12.0 Å². The van der Waals surface area contributed by atoms with Crippen molar-refractivity contribution in [2.75, 3.05) is 6.54 Å². The Labute approximate surface area is 150 Å². The number of fused-ring (bicyclic) bond motifs is 1. The maximum absolute atomic E-state index is 11.7. The highest BCUT2D eigenvalue weighted by Crippen LogP contribution is 2.27. The van der Waals surface area contributed by atoms with Crippen LogP contribution in [0.5, 0.6) is 0 Å². The number of nitrogens with one attached hydrogen (secondary N) is 2. The molecule has 0 saturated carbocycles. The van der Waals surface area contributed by atoms with Crippen LogP contribution >= 0.6 is 0 Å². The minimum absolute atomic E-state index is 0.116. The lowest BCUT2D eigenvalue weighted by molar-refractivity contribution is 0.0179. The van der Waals surface area contributed by atoms with Gasteiger partial charge in [0.15, 0.2) is 0 Å². The zero-order chi connectivity index (χ0) is 18.5. The highest BCUT2D eigenvalue weighted by molar-refractivity contribution is 5.98. The lowest BCUT2D eigenvalue weighted by Crippen LogP contribution is -2.36. The number of carbonyl (C=O) groups excluding carboxylic acids is 2. The Morgan fingerprint density at radius 1 is 1.15 bits per heavy atom. The molecule has 26 heavy (non-hydrogen) atoms. The summed E-state index contributed by atoms with van der Waals surface area (Å²) >= 11 is 0. The van der Waals surface area contributed by atoms with Crippen LogP contribution in [0.25, 0.3) is 0 Å². The molecular weight excluding hydrogens is 336 g/mol. The number of hydrogen-bond acceptors (Lipinski definition) is 5. The first-order valence-electron chi connectivity index (χ1n) is 8.27. The number of ether oxygens (including phenoxy) is 1. The van der Waals surface area contributed by atoms with E-state index in [1.165, 1.54) is 0 Å². The third kappa shape index (κ3) is 4.01. The van der Waals surface area contributed by atoms with Gasteiger partial charge in [0.25, 0.3) is 5.91 Å². The first-order valence-corrected chi connectivity index (χ1v) is 8.27. The molecule has 7 heteroatoms. The van der Waals surface area contributed by atoms with Gasteiger partial charge in [-0.1, -0.05) is 42.5 Å². The molecule has 3 rings (SSSR count). The number of aliphatic hydroxyl groups is 2. The molecule has 4 N–H and O–H groups in total. The van der Waals surface area contributed by atoms with Crippen LogP contribution in [0.1, 0.15) is 33.2 Å². The van der Waals surface area contributed by atoms with Gasteiger partial charge in [0, 0.05) is 18.7 Å². The number of hydrogen-bond donors (Lipinski definition) is 4. The van der Waals surface area contributed by atoms with Crippen LogP contribution in [0, 0.1) is 0 Å². The van der Waals surface area contributed by atoms with E-state index >= 15 is 0 Å². The van der Waals surface area contributed by atoms with Crippen LogP contribution in [0.4, 0.5) is 4.79 Å². The fourth-order valence-corrected chi connectivity index (χ4v) is 2.84. The summed E-state index contributed by atoms with van der Waals surface area (Å²) < 4.78 is 5.05. The molecule has 136 valence electrons. The predicted molar refractivity (Wildman–Crippen MR) is 93.2 cm³/mol. The Kier molecular flexibility index (Phi) is 5.50. The molecule has 0 fully saturated rings. The van der Waals surface area contributed by atoms with Gasteiger partial charge in [-0.15, -0.1) is 0 Å². The van der Waals surface area contributed by atoms with Crippen molar-refractivity contribution in [2.24, 2.45) is 0 Å². The van der Waals surface area contributed by atoms with Gasteiger partial charge in [-0.05, 0) is 22.8 Å². The Balaban J connectivity index is 1.53.